The predicted octanol–water partition coefficient (Wildman–Crippen LogP) is 3.07. The van der Waals surface area contributed by atoms with Gasteiger partial charge >= 0.3 is 0 Å². The number of nitrogens with zero attached hydrogens (tertiary/aromatic N) is 5. The highest BCUT2D eigenvalue weighted by atomic mass is 16.3. The van der Waals surface area contributed by atoms with Crippen molar-refractivity contribution in [3.8, 4) is 0 Å². The molecule has 0 atom stereocenters. The molecule has 3 N–H and O–H groups in total. The largest absolute Gasteiger partial charge is 0.393 e. The molecular weight excluding hydrogens is 402 g/mol. The van der Waals surface area contributed by atoms with Gasteiger partial charge in [-0.05, 0) is 31.4 Å². The fourth-order valence-corrected chi connectivity index (χ4v) is 4.23. The van der Waals surface area contributed by atoms with E-state index in [1.165, 1.54) is 0 Å². The van der Waals surface area contributed by atoms with E-state index in [1.807, 2.05) is 49.4 Å². The number of nitrogens with one attached hydrogen (secondary N) is 2. The highest BCUT2D eigenvalue weighted by Gasteiger charge is 2.34. The van der Waals surface area contributed by atoms with Crippen molar-refractivity contribution in [1.82, 2.24) is 25.1 Å². The van der Waals surface area contributed by atoms with Crippen LogP contribution in [-0.2, 0) is 0 Å². The van der Waals surface area contributed by atoms with E-state index >= 15 is 0 Å². The van der Waals surface area contributed by atoms with Crippen molar-refractivity contribution >= 4 is 29.6 Å². The van der Waals surface area contributed by atoms with E-state index in [1.54, 1.807) is 0 Å². The number of aromatic amines is 1. The number of piperidine rings is 1. The SMILES string of the molecule is Cc1cc(Nc2cc(N3CC(N4CCC(O)CC4)C3)nc(C=Cc3ccccc3)n2)n[nH]1. The van der Waals surface area contributed by atoms with Crippen molar-refractivity contribution in [2.75, 3.05) is 36.4 Å². The van der Waals surface area contributed by atoms with E-state index in [0.29, 0.717) is 11.9 Å². The zero-order chi connectivity index (χ0) is 21.9. The lowest BCUT2D eigenvalue weighted by Crippen LogP contribution is -2.61. The molecule has 0 spiro atoms. The Balaban J connectivity index is 1.34. The van der Waals surface area contributed by atoms with Crippen LogP contribution in [0, 0.1) is 6.92 Å². The molecule has 8 nitrogen and oxygen atoms in total. The van der Waals surface area contributed by atoms with E-state index in [9.17, 15) is 5.11 Å². The van der Waals surface area contributed by atoms with Crippen molar-refractivity contribution in [3.05, 3.63) is 59.5 Å². The van der Waals surface area contributed by atoms with Gasteiger partial charge in [0, 0.05) is 50.0 Å². The normalized spacial score (nSPS) is 18.2. The Labute approximate surface area is 188 Å². The number of aliphatic hydroxyl groups excluding tert-OH is 1. The molecule has 32 heavy (non-hydrogen) atoms. The Morgan fingerprint density at radius 1 is 1.03 bits per heavy atom. The third-order valence-corrected chi connectivity index (χ3v) is 6.12. The quantitative estimate of drug-likeness (QED) is 0.552. The van der Waals surface area contributed by atoms with E-state index in [4.69, 9.17) is 4.98 Å². The first kappa shape index (κ1) is 20.7. The maximum Gasteiger partial charge on any atom is 0.156 e. The Hall–Kier alpha value is -3.23. The molecule has 0 aliphatic carbocycles. The Morgan fingerprint density at radius 3 is 2.53 bits per heavy atom. The van der Waals surface area contributed by atoms with E-state index < -0.39 is 0 Å². The lowest BCUT2D eigenvalue weighted by Gasteiger charge is -2.47. The summed E-state index contributed by atoms with van der Waals surface area (Å²) in [4.78, 5) is 14.3. The number of benzene rings is 1. The third-order valence-electron chi connectivity index (χ3n) is 6.12. The molecule has 0 radical (unpaired) electrons. The van der Waals surface area contributed by atoms with Crippen molar-refractivity contribution in [1.29, 1.82) is 0 Å². The number of hydrogen-bond donors (Lipinski definition) is 3. The van der Waals surface area contributed by atoms with Crippen molar-refractivity contribution in [2.24, 2.45) is 0 Å². The van der Waals surface area contributed by atoms with Crippen LogP contribution in [0.2, 0.25) is 0 Å². The molecule has 2 fully saturated rings. The van der Waals surface area contributed by atoms with Crippen LogP contribution in [-0.4, -0.2) is 68.5 Å². The maximum atomic E-state index is 9.77. The molecule has 2 saturated heterocycles. The lowest BCUT2D eigenvalue weighted by molar-refractivity contribution is 0.0529. The summed E-state index contributed by atoms with van der Waals surface area (Å²) < 4.78 is 0. The van der Waals surface area contributed by atoms with Gasteiger partial charge in [-0.3, -0.25) is 10.00 Å². The van der Waals surface area contributed by atoms with Crippen LogP contribution in [0.4, 0.5) is 17.5 Å². The second-order valence-corrected chi connectivity index (χ2v) is 8.60. The van der Waals surface area contributed by atoms with Gasteiger partial charge in [-0.1, -0.05) is 36.4 Å². The van der Waals surface area contributed by atoms with E-state index in [-0.39, 0.29) is 6.10 Å². The van der Waals surface area contributed by atoms with Crippen LogP contribution in [0.1, 0.15) is 29.9 Å². The zero-order valence-electron chi connectivity index (χ0n) is 18.3. The monoisotopic (exact) mass is 431 g/mol. The second kappa shape index (κ2) is 9.10. The van der Waals surface area contributed by atoms with Gasteiger partial charge in [0.1, 0.15) is 11.6 Å². The van der Waals surface area contributed by atoms with Crippen molar-refractivity contribution < 1.29 is 5.11 Å². The van der Waals surface area contributed by atoms with Crippen molar-refractivity contribution in [2.45, 2.75) is 31.9 Å². The van der Waals surface area contributed by atoms with Gasteiger partial charge in [-0.25, -0.2) is 9.97 Å². The number of hydrogen-bond acceptors (Lipinski definition) is 7. The smallest absolute Gasteiger partial charge is 0.156 e. The van der Waals surface area contributed by atoms with E-state index in [0.717, 1.165) is 67.7 Å². The molecule has 166 valence electrons. The highest BCUT2D eigenvalue weighted by Crippen LogP contribution is 2.27. The summed E-state index contributed by atoms with van der Waals surface area (Å²) >= 11 is 0. The molecule has 4 heterocycles. The van der Waals surface area contributed by atoms with Crippen LogP contribution >= 0.6 is 0 Å². The number of H-pyrrole nitrogens is 1. The van der Waals surface area contributed by atoms with Crippen LogP contribution in [0.5, 0.6) is 0 Å². The fraction of sp³-hybridized carbons (Fsp3) is 0.375. The maximum absolute atomic E-state index is 9.77. The zero-order valence-corrected chi connectivity index (χ0v) is 18.3. The van der Waals surface area contributed by atoms with Crippen LogP contribution in [0.25, 0.3) is 12.2 Å². The molecule has 0 bridgehead atoms. The van der Waals surface area contributed by atoms with Crippen LogP contribution in [0.15, 0.2) is 42.5 Å². The lowest BCUT2D eigenvalue weighted by atomic mass is 10.0. The first-order chi connectivity index (χ1) is 15.6. The predicted molar refractivity (Wildman–Crippen MR) is 127 cm³/mol. The number of aromatic nitrogens is 4. The molecule has 2 aliphatic rings. The summed E-state index contributed by atoms with van der Waals surface area (Å²) in [7, 11) is 0. The van der Waals surface area contributed by atoms with Crippen LogP contribution in [0.3, 0.4) is 0 Å². The third kappa shape index (κ3) is 4.81. The van der Waals surface area contributed by atoms with Gasteiger partial charge in [0.25, 0.3) is 0 Å². The summed E-state index contributed by atoms with van der Waals surface area (Å²) in [6.45, 7) is 5.79. The molecule has 8 heteroatoms. The van der Waals surface area contributed by atoms with Crippen molar-refractivity contribution in [3.63, 3.8) is 0 Å². The number of anilines is 3. The van der Waals surface area contributed by atoms with Gasteiger partial charge in [-0.2, -0.15) is 5.10 Å². The Morgan fingerprint density at radius 2 is 1.81 bits per heavy atom. The topological polar surface area (TPSA) is 93.2 Å². The number of aliphatic hydroxyl groups is 1. The number of aryl methyl sites for hydroxylation is 1. The fourth-order valence-electron chi connectivity index (χ4n) is 4.23. The molecule has 1 aromatic carbocycles. The molecule has 2 aromatic heterocycles. The average Bonchev–Trinajstić information content (AvgIpc) is 3.18. The van der Waals surface area contributed by atoms with Gasteiger partial charge in [0.2, 0.25) is 0 Å². The molecule has 0 saturated carbocycles. The van der Waals surface area contributed by atoms with Gasteiger partial charge in [0.05, 0.1) is 6.10 Å². The number of likely N-dealkylation sites (tertiary alicyclic amines) is 1. The Kier molecular flexibility index (Phi) is 5.87. The molecule has 0 unspecified atom stereocenters. The number of rotatable bonds is 6. The highest BCUT2D eigenvalue weighted by molar-refractivity contribution is 5.69. The summed E-state index contributed by atoms with van der Waals surface area (Å²) in [6, 6.07) is 14.6. The van der Waals surface area contributed by atoms with Crippen LogP contribution < -0.4 is 10.2 Å². The standard InChI is InChI=1S/C24H29N7O/c1-17-13-23(29-28-17)26-22-14-24(27-21(25-22)8-7-18-5-3-2-4-6-18)31-15-19(16-31)30-11-9-20(32)10-12-30/h2-8,13-14,19-20,32H,9-12,15-16H2,1H3,(H2,25,26,27,28,29). The minimum absolute atomic E-state index is 0.137. The summed E-state index contributed by atoms with van der Waals surface area (Å²) in [5.41, 5.74) is 2.10. The molecule has 0 amide bonds. The molecule has 3 aromatic rings. The van der Waals surface area contributed by atoms with Gasteiger partial charge in [0.15, 0.2) is 11.6 Å². The summed E-state index contributed by atoms with van der Waals surface area (Å²) in [5, 5.41) is 20.3. The second-order valence-electron chi connectivity index (χ2n) is 8.60. The first-order valence-electron chi connectivity index (χ1n) is 11.2. The summed E-state index contributed by atoms with van der Waals surface area (Å²) in [5.74, 6) is 3.03. The first-order valence-corrected chi connectivity index (χ1v) is 11.2. The Bertz CT molecular complexity index is 1070. The average molecular weight is 432 g/mol. The molecular formula is C24H29N7O. The van der Waals surface area contributed by atoms with Gasteiger partial charge in [-0.15, -0.1) is 0 Å². The molecule has 2 aliphatic heterocycles. The molecule has 5 rings (SSSR count). The summed E-state index contributed by atoms with van der Waals surface area (Å²) in [6.07, 6.45) is 5.58. The van der Waals surface area contributed by atoms with E-state index in [2.05, 4.69) is 42.4 Å². The minimum atomic E-state index is -0.137. The minimum Gasteiger partial charge on any atom is -0.393 e. The van der Waals surface area contributed by atoms with Gasteiger partial charge < -0.3 is 15.3 Å².